The molecule has 0 atom stereocenters. The smallest absolute Gasteiger partial charge is 0.268 e. The molecule has 0 spiro atoms. The van der Waals surface area contributed by atoms with E-state index in [1.54, 1.807) is 31.3 Å². The molecule has 10 heteroatoms. The summed E-state index contributed by atoms with van der Waals surface area (Å²) in [6.07, 6.45) is -1.79. The highest BCUT2D eigenvalue weighted by Crippen LogP contribution is 2.37. The van der Waals surface area contributed by atoms with E-state index in [9.17, 15) is 22.8 Å². The first-order chi connectivity index (χ1) is 14.8. The summed E-state index contributed by atoms with van der Waals surface area (Å²) >= 11 is 0. The van der Waals surface area contributed by atoms with Gasteiger partial charge in [0.25, 0.3) is 11.8 Å². The third kappa shape index (κ3) is 2.79. The van der Waals surface area contributed by atoms with Crippen LogP contribution >= 0.6 is 0 Å². The van der Waals surface area contributed by atoms with Crippen LogP contribution in [0.15, 0.2) is 54.9 Å². The third-order valence-corrected chi connectivity index (χ3v) is 5.02. The molecule has 5 rings (SSSR count). The van der Waals surface area contributed by atoms with E-state index in [2.05, 4.69) is 15.1 Å². The van der Waals surface area contributed by atoms with Crippen molar-refractivity contribution in [3.63, 3.8) is 0 Å². The predicted octanol–water partition coefficient (Wildman–Crippen LogP) is 3.94. The molecule has 154 valence electrons. The number of alkyl halides is 3. The van der Waals surface area contributed by atoms with Crippen molar-refractivity contribution in [2.24, 2.45) is 0 Å². The summed E-state index contributed by atoms with van der Waals surface area (Å²) < 4.78 is 40.8. The largest absolute Gasteiger partial charge is 0.416 e. The molecule has 0 fully saturated rings. The Bertz CT molecular complexity index is 1380. The fourth-order valence-corrected chi connectivity index (χ4v) is 3.66. The number of carbonyl (C=O) groups is 2. The molecule has 3 aromatic heterocycles. The van der Waals surface area contributed by atoms with Crippen molar-refractivity contribution in [1.82, 2.24) is 19.7 Å². The third-order valence-electron chi connectivity index (χ3n) is 5.02. The van der Waals surface area contributed by atoms with E-state index in [0.717, 1.165) is 23.1 Å². The van der Waals surface area contributed by atoms with Gasteiger partial charge in [-0.05, 0) is 37.3 Å². The van der Waals surface area contributed by atoms with E-state index in [-0.39, 0.29) is 16.8 Å². The van der Waals surface area contributed by atoms with Crippen LogP contribution in [0, 0.1) is 6.92 Å². The van der Waals surface area contributed by atoms with Crippen molar-refractivity contribution in [3.05, 3.63) is 77.2 Å². The van der Waals surface area contributed by atoms with E-state index in [1.807, 2.05) is 0 Å². The quantitative estimate of drug-likeness (QED) is 0.456. The number of carbonyl (C=O) groups excluding carboxylic acids is 2. The highest BCUT2D eigenvalue weighted by atomic mass is 19.4. The number of rotatable bonds is 2. The van der Waals surface area contributed by atoms with Crippen LogP contribution in [0.5, 0.6) is 0 Å². The summed E-state index contributed by atoms with van der Waals surface area (Å²) in [5, 5.41) is 4.76. The van der Waals surface area contributed by atoms with Crippen molar-refractivity contribution in [2.45, 2.75) is 13.1 Å². The van der Waals surface area contributed by atoms with Gasteiger partial charge in [0.15, 0.2) is 11.5 Å². The second kappa shape index (κ2) is 6.46. The minimum absolute atomic E-state index is 0.0126. The fraction of sp³-hybridized carbons (Fsp3) is 0.0952. The molecule has 7 nitrogen and oxygen atoms in total. The van der Waals surface area contributed by atoms with Crippen molar-refractivity contribution < 1.29 is 22.8 Å². The van der Waals surface area contributed by atoms with Gasteiger partial charge in [0.2, 0.25) is 0 Å². The molecular weight excluding hydrogens is 411 g/mol. The number of hydrogen-bond donors (Lipinski definition) is 0. The molecule has 1 aliphatic heterocycles. The first-order valence-corrected chi connectivity index (χ1v) is 9.13. The fourth-order valence-electron chi connectivity index (χ4n) is 3.66. The van der Waals surface area contributed by atoms with Crippen LogP contribution < -0.4 is 4.90 Å². The van der Waals surface area contributed by atoms with Gasteiger partial charge in [-0.3, -0.25) is 9.59 Å². The lowest BCUT2D eigenvalue weighted by molar-refractivity contribution is -0.137. The SMILES string of the molecule is Cc1nn(-c2ccccn2)c2ncc3c(c12)C(=O)N(c1cccc(C(F)(F)F)c1)C3=O. The first-order valence-electron chi connectivity index (χ1n) is 9.13. The second-order valence-corrected chi connectivity index (χ2v) is 6.92. The van der Waals surface area contributed by atoms with Crippen LogP contribution in [0.25, 0.3) is 16.9 Å². The number of fused-ring (bicyclic) bond motifs is 3. The molecule has 0 unspecified atom stereocenters. The van der Waals surface area contributed by atoms with E-state index >= 15 is 0 Å². The molecule has 1 aromatic carbocycles. The number of pyridine rings is 2. The molecule has 0 radical (unpaired) electrons. The molecule has 0 bridgehead atoms. The molecule has 4 aromatic rings. The molecular formula is C21H12F3N5O2. The summed E-state index contributed by atoms with van der Waals surface area (Å²) in [6, 6.07) is 9.30. The van der Waals surface area contributed by atoms with Crippen molar-refractivity contribution in [1.29, 1.82) is 0 Å². The summed E-state index contributed by atoms with van der Waals surface area (Å²) in [4.78, 5) is 35.4. The average Bonchev–Trinajstić information content (AvgIpc) is 3.22. The van der Waals surface area contributed by atoms with Crippen LogP contribution in [-0.2, 0) is 6.18 Å². The molecule has 0 saturated heterocycles. The molecule has 1 aliphatic rings. The van der Waals surface area contributed by atoms with E-state index in [1.165, 1.54) is 16.9 Å². The maximum atomic E-state index is 13.2. The number of nitrogens with zero attached hydrogens (tertiary/aromatic N) is 5. The number of benzene rings is 1. The highest BCUT2D eigenvalue weighted by molar-refractivity contribution is 6.37. The van der Waals surface area contributed by atoms with E-state index in [4.69, 9.17) is 0 Å². The zero-order valence-corrected chi connectivity index (χ0v) is 15.9. The van der Waals surface area contributed by atoms with E-state index < -0.39 is 23.6 Å². The topological polar surface area (TPSA) is 81.0 Å². The Kier molecular flexibility index (Phi) is 3.94. The maximum absolute atomic E-state index is 13.2. The Morgan fingerprint density at radius 3 is 2.48 bits per heavy atom. The van der Waals surface area contributed by atoms with Crippen molar-refractivity contribution >= 4 is 28.5 Å². The van der Waals surface area contributed by atoms with Gasteiger partial charge in [-0.2, -0.15) is 23.0 Å². The first kappa shape index (κ1) is 18.9. The van der Waals surface area contributed by atoms with Crippen LogP contribution in [0.2, 0.25) is 0 Å². The molecule has 0 saturated carbocycles. The minimum atomic E-state index is -4.61. The molecule has 2 amide bonds. The van der Waals surface area contributed by atoms with Gasteiger partial charge >= 0.3 is 6.18 Å². The lowest BCUT2D eigenvalue weighted by atomic mass is 10.1. The maximum Gasteiger partial charge on any atom is 0.416 e. The van der Waals surface area contributed by atoms with Crippen LogP contribution in [0.1, 0.15) is 32.0 Å². The average molecular weight is 423 g/mol. The zero-order chi connectivity index (χ0) is 21.9. The van der Waals surface area contributed by atoms with Gasteiger partial charge in [0.05, 0.1) is 33.5 Å². The number of imide groups is 1. The summed E-state index contributed by atoms with van der Waals surface area (Å²) in [7, 11) is 0. The van der Waals surface area contributed by atoms with Crippen LogP contribution in [0.3, 0.4) is 0 Å². The molecule has 4 heterocycles. The molecule has 0 N–H and O–H groups in total. The van der Waals surface area contributed by atoms with E-state index in [0.29, 0.717) is 22.5 Å². The lowest BCUT2D eigenvalue weighted by Gasteiger charge is -2.16. The van der Waals surface area contributed by atoms with Crippen molar-refractivity contribution in [2.75, 3.05) is 4.90 Å². The Hall–Kier alpha value is -4.08. The predicted molar refractivity (Wildman–Crippen MR) is 104 cm³/mol. The Morgan fingerprint density at radius 1 is 0.968 bits per heavy atom. The number of halogens is 3. The standard InChI is InChI=1S/C21H12F3N5O2/c1-11-16-17-14(10-26-18(16)29(27-11)15-7-2-3-8-25-15)19(30)28(20(17)31)13-6-4-5-12(9-13)21(22,23)24/h2-10H,1H3. The Labute approximate surface area is 172 Å². The Balaban J connectivity index is 1.68. The number of anilines is 1. The van der Waals surface area contributed by atoms with Crippen LogP contribution in [0.4, 0.5) is 18.9 Å². The zero-order valence-electron chi connectivity index (χ0n) is 15.9. The number of aromatic nitrogens is 4. The number of amides is 2. The Morgan fingerprint density at radius 2 is 1.77 bits per heavy atom. The van der Waals surface area contributed by atoms with Gasteiger partial charge in [0.1, 0.15) is 0 Å². The van der Waals surface area contributed by atoms with Gasteiger partial charge in [0, 0.05) is 12.4 Å². The highest BCUT2D eigenvalue weighted by Gasteiger charge is 2.41. The molecule has 0 aliphatic carbocycles. The van der Waals surface area contributed by atoms with Crippen molar-refractivity contribution in [3.8, 4) is 5.82 Å². The molecule has 31 heavy (non-hydrogen) atoms. The van der Waals surface area contributed by atoms with Gasteiger partial charge in [-0.1, -0.05) is 12.1 Å². The summed E-state index contributed by atoms with van der Waals surface area (Å²) in [6.45, 7) is 1.66. The summed E-state index contributed by atoms with van der Waals surface area (Å²) in [5.74, 6) is -0.992. The lowest BCUT2D eigenvalue weighted by Crippen LogP contribution is -2.29. The minimum Gasteiger partial charge on any atom is -0.268 e. The monoisotopic (exact) mass is 423 g/mol. The second-order valence-electron chi connectivity index (χ2n) is 6.92. The van der Waals surface area contributed by atoms with Gasteiger partial charge in [-0.25, -0.2) is 14.9 Å². The van der Waals surface area contributed by atoms with Crippen LogP contribution in [-0.4, -0.2) is 31.6 Å². The number of aryl methyl sites for hydroxylation is 1. The summed E-state index contributed by atoms with van der Waals surface area (Å²) in [5.41, 5.74) is -0.280. The van der Waals surface area contributed by atoms with Gasteiger partial charge in [-0.15, -0.1) is 0 Å². The van der Waals surface area contributed by atoms with Gasteiger partial charge < -0.3 is 0 Å². The number of hydrogen-bond acceptors (Lipinski definition) is 5. The normalized spacial score (nSPS) is 13.9.